The van der Waals surface area contributed by atoms with E-state index in [1.807, 2.05) is 23.1 Å². The largest absolute Gasteiger partial charge is 0.388 e. The number of piperidine rings is 1. The Morgan fingerprint density at radius 2 is 1.82 bits per heavy atom. The maximum Gasteiger partial charge on any atom is 0.280 e. The normalized spacial score (nSPS) is 22.6. The van der Waals surface area contributed by atoms with E-state index in [0.29, 0.717) is 31.4 Å². The molecule has 0 unspecified atom stereocenters. The minimum Gasteiger partial charge on any atom is -0.388 e. The predicted molar refractivity (Wildman–Crippen MR) is 130 cm³/mol. The van der Waals surface area contributed by atoms with Crippen LogP contribution in [0, 0.1) is 5.92 Å². The third kappa shape index (κ3) is 4.42. The van der Waals surface area contributed by atoms with Crippen molar-refractivity contribution in [1.82, 2.24) is 19.4 Å². The number of fused-ring (bicyclic) bond motifs is 1. The first-order valence-corrected chi connectivity index (χ1v) is 12.1. The van der Waals surface area contributed by atoms with Crippen molar-refractivity contribution in [2.24, 2.45) is 5.92 Å². The predicted octanol–water partition coefficient (Wildman–Crippen LogP) is 2.70. The molecule has 3 heterocycles. The monoisotopic (exact) mass is 461 g/mol. The molecule has 8 heteroatoms. The highest BCUT2D eigenvalue weighted by molar-refractivity contribution is 5.80. The summed E-state index contributed by atoms with van der Waals surface area (Å²) in [6, 6.07) is 13.6. The summed E-state index contributed by atoms with van der Waals surface area (Å²) in [4.78, 5) is 36.7. The second kappa shape index (κ2) is 9.18. The van der Waals surface area contributed by atoms with E-state index in [9.17, 15) is 14.7 Å². The number of hydrogen-bond acceptors (Lipinski definition) is 6. The number of carbonyl (C=O) groups excluding carboxylic acids is 1. The quantitative estimate of drug-likeness (QED) is 0.617. The van der Waals surface area contributed by atoms with Gasteiger partial charge in [0.25, 0.3) is 5.56 Å². The van der Waals surface area contributed by atoms with Gasteiger partial charge in [-0.3, -0.25) is 14.2 Å². The van der Waals surface area contributed by atoms with E-state index in [-0.39, 0.29) is 41.2 Å². The number of carbonyl (C=O) groups is 1. The number of nitrogens with two attached hydrogens (primary N) is 1. The second-order valence-electron chi connectivity index (χ2n) is 9.74. The number of aromatic nitrogens is 3. The molecule has 34 heavy (non-hydrogen) atoms. The molecule has 1 saturated carbocycles. The Morgan fingerprint density at radius 1 is 1.09 bits per heavy atom. The lowest BCUT2D eigenvalue weighted by Crippen LogP contribution is -2.51. The molecule has 1 saturated heterocycles. The topological polar surface area (TPSA) is 114 Å². The van der Waals surface area contributed by atoms with Gasteiger partial charge >= 0.3 is 0 Å². The molecule has 0 bridgehead atoms. The number of amides is 1. The van der Waals surface area contributed by atoms with Crippen LogP contribution < -0.4 is 11.3 Å². The van der Waals surface area contributed by atoms with Crippen molar-refractivity contribution in [2.45, 2.75) is 56.6 Å². The first-order valence-electron chi connectivity index (χ1n) is 12.1. The van der Waals surface area contributed by atoms with Gasteiger partial charge < -0.3 is 15.7 Å². The third-order valence-electron chi connectivity index (χ3n) is 7.48. The number of nitrogens with zero attached hydrogens (tertiary/aromatic N) is 4. The van der Waals surface area contributed by atoms with E-state index in [2.05, 4.69) is 22.1 Å². The van der Waals surface area contributed by atoms with Crippen LogP contribution in [0.3, 0.4) is 0 Å². The molecule has 5 rings (SSSR count). The SMILES string of the molecule is Nc1ccc2ncn(CC3(O)CCN(C(=O)[C@@H]4CCCC[C@H]4c4ccccc4)CC3)c(=O)c2n1. The molecular formula is C26H31N5O3. The van der Waals surface area contributed by atoms with E-state index in [0.717, 1.165) is 25.7 Å². The molecule has 1 aliphatic carbocycles. The molecule has 8 nitrogen and oxygen atoms in total. The van der Waals surface area contributed by atoms with Crippen LogP contribution >= 0.6 is 0 Å². The molecular weight excluding hydrogens is 430 g/mol. The summed E-state index contributed by atoms with van der Waals surface area (Å²) in [5.41, 5.74) is 6.24. The standard InChI is InChI=1S/C26H31N5O3/c27-22-11-10-21-23(29-22)25(33)31(17-28-21)16-26(34)12-14-30(15-13-26)24(32)20-9-5-4-8-19(20)18-6-2-1-3-7-18/h1-3,6-7,10-11,17,19-20,34H,4-5,8-9,12-16H2,(H2,27,29)/t19-,20+/m0/s1. The third-order valence-corrected chi connectivity index (χ3v) is 7.48. The summed E-state index contributed by atoms with van der Waals surface area (Å²) in [7, 11) is 0. The lowest BCUT2D eigenvalue weighted by Gasteiger charge is -2.41. The van der Waals surface area contributed by atoms with E-state index >= 15 is 0 Å². The lowest BCUT2D eigenvalue weighted by molar-refractivity contribution is -0.142. The fourth-order valence-corrected chi connectivity index (χ4v) is 5.54. The number of hydrogen-bond donors (Lipinski definition) is 2. The maximum absolute atomic E-state index is 13.5. The molecule has 1 amide bonds. The van der Waals surface area contributed by atoms with Crippen LogP contribution in [0.25, 0.3) is 11.0 Å². The van der Waals surface area contributed by atoms with Crippen LogP contribution in [0.4, 0.5) is 5.82 Å². The van der Waals surface area contributed by atoms with Gasteiger partial charge in [-0.15, -0.1) is 0 Å². The Bertz CT molecular complexity index is 1230. The van der Waals surface area contributed by atoms with Crippen LogP contribution in [0.5, 0.6) is 0 Å². The minimum absolute atomic E-state index is 0.00816. The Balaban J connectivity index is 1.27. The summed E-state index contributed by atoms with van der Waals surface area (Å²) >= 11 is 0. The molecule has 178 valence electrons. The van der Waals surface area contributed by atoms with Gasteiger partial charge in [0.1, 0.15) is 5.82 Å². The summed E-state index contributed by atoms with van der Waals surface area (Å²) in [5, 5.41) is 11.2. The molecule has 1 aliphatic heterocycles. The highest BCUT2D eigenvalue weighted by Crippen LogP contribution is 2.39. The molecule has 0 spiro atoms. The molecule has 2 fully saturated rings. The number of benzene rings is 1. The van der Waals surface area contributed by atoms with Crippen molar-refractivity contribution in [3.8, 4) is 0 Å². The Labute approximate surface area is 198 Å². The summed E-state index contributed by atoms with van der Waals surface area (Å²) < 4.78 is 1.40. The number of nitrogen functional groups attached to an aromatic ring is 1. The van der Waals surface area contributed by atoms with Crippen LogP contribution in [-0.2, 0) is 11.3 Å². The van der Waals surface area contributed by atoms with Crippen LogP contribution in [0.2, 0.25) is 0 Å². The van der Waals surface area contributed by atoms with Gasteiger partial charge in [-0.25, -0.2) is 9.97 Å². The number of likely N-dealkylation sites (tertiary alicyclic amines) is 1. The van der Waals surface area contributed by atoms with E-state index in [1.165, 1.54) is 16.5 Å². The molecule has 0 radical (unpaired) electrons. The fourth-order valence-electron chi connectivity index (χ4n) is 5.54. The van der Waals surface area contributed by atoms with Gasteiger partial charge in [0.15, 0.2) is 5.52 Å². The average Bonchev–Trinajstić information content (AvgIpc) is 2.87. The number of anilines is 1. The second-order valence-corrected chi connectivity index (χ2v) is 9.74. The van der Waals surface area contributed by atoms with Crippen molar-refractivity contribution in [2.75, 3.05) is 18.8 Å². The van der Waals surface area contributed by atoms with Gasteiger partial charge in [-0.1, -0.05) is 43.2 Å². The Hall–Kier alpha value is -3.26. The molecule has 2 atom stereocenters. The van der Waals surface area contributed by atoms with Crippen molar-refractivity contribution in [3.05, 3.63) is 64.7 Å². The maximum atomic E-state index is 13.5. The summed E-state index contributed by atoms with van der Waals surface area (Å²) in [5.74, 6) is 0.697. The van der Waals surface area contributed by atoms with E-state index in [4.69, 9.17) is 5.73 Å². The molecule has 3 aromatic rings. The first kappa shape index (κ1) is 22.5. The number of pyridine rings is 1. The van der Waals surface area contributed by atoms with Crippen LogP contribution in [0.15, 0.2) is 53.6 Å². The first-order chi connectivity index (χ1) is 16.4. The van der Waals surface area contributed by atoms with E-state index in [1.54, 1.807) is 12.1 Å². The van der Waals surface area contributed by atoms with Gasteiger partial charge in [-0.05, 0) is 49.3 Å². The average molecular weight is 462 g/mol. The van der Waals surface area contributed by atoms with Crippen LogP contribution in [0.1, 0.15) is 50.0 Å². The van der Waals surface area contributed by atoms with Crippen molar-refractivity contribution >= 4 is 22.8 Å². The zero-order chi connectivity index (χ0) is 23.7. The van der Waals surface area contributed by atoms with Crippen molar-refractivity contribution < 1.29 is 9.90 Å². The lowest BCUT2D eigenvalue weighted by atomic mass is 9.74. The zero-order valence-electron chi connectivity index (χ0n) is 19.3. The van der Waals surface area contributed by atoms with Gasteiger partial charge in [0.2, 0.25) is 5.91 Å². The van der Waals surface area contributed by atoms with Crippen LogP contribution in [-0.4, -0.2) is 49.1 Å². The van der Waals surface area contributed by atoms with E-state index < -0.39 is 5.60 Å². The van der Waals surface area contributed by atoms with Gasteiger partial charge in [0.05, 0.1) is 24.0 Å². The highest BCUT2D eigenvalue weighted by atomic mass is 16.3. The van der Waals surface area contributed by atoms with Gasteiger partial charge in [-0.2, -0.15) is 0 Å². The molecule has 3 N–H and O–H groups in total. The van der Waals surface area contributed by atoms with Crippen molar-refractivity contribution in [3.63, 3.8) is 0 Å². The number of rotatable bonds is 4. The van der Waals surface area contributed by atoms with Gasteiger partial charge in [0, 0.05) is 19.0 Å². The summed E-state index contributed by atoms with van der Waals surface area (Å²) in [6.45, 7) is 1.08. The zero-order valence-corrected chi connectivity index (χ0v) is 19.3. The van der Waals surface area contributed by atoms with Crippen molar-refractivity contribution in [1.29, 1.82) is 0 Å². The Morgan fingerprint density at radius 3 is 2.59 bits per heavy atom. The summed E-state index contributed by atoms with van der Waals surface area (Å²) in [6.07, 6.45) is 6.45. The molecule has 2 aromatic heterocycles. The minimum atomic E-state index is -1.08. The smallest absolute Gasteiger partial charge is 0.280 e. The Kier molecular flexibility index (Phi) is 6.08. The molecule has 1 aromatic carbocycles. The molecule has 2 aliphatic rings. The number of aliphatic hydroxyl groups is 1. The fraction of sp³-hybridized carbons (Fsp3) is 0.462. The highest BCUT2D eigenvalue weighted by Gasteiger charge is 2.39.